The Bertz CT molecular complexity index is 750. The van der Waals surface area contributed by atoms with Gasteiger partial charge in [0.25, 0.3) is 0 Å². The Morgan fingerprint density at radius 2 is 2.04 bits per heavy atom. The molecule has 1 heterocycles. The third-order valence-corrected chi connectivity index (χ3v) is 4.04. The van der Waals surface area contributed by atoms with Crippen molar-refractivity contribution in [3.63, 3.8) is 0 Å². The third kappa shape index (κ3) is 8.01. The molecule has 9 heteroatoms. The van der Waals surface area contributed by atoms with Gasteiger partial charge >= 0.3 is 0 Å². The van der Waals surface area contributed by atoms with E-state index in [0.29, 0.717) is 32.2 Å². The Kier molecular flexibility index (Phi) is 10.8. The number of guanidine groups is 1. The molecule has 0 bridgehead atoms. The van der Waals surface area contributed by atoms with Crippen LogP contribution in [0.15, 0.2) is 29.3 Å². The topological polar surface area (TPSA) is 85.6 Å². The first-order valence-electron chi connectivity index (χ1n) is 9.09. The summed E-state index contributed by atoms with van der Waals surface area (Å²) in [5.41, 5.74) is 1.18. The molecular formula is C19H31IN6O2. The molecule has 28 heavy (non-hydrogen) atoms. The van der Waals surface area contributed by atoms with Crippen molar-refractivity contribution in [1.29, 1.82) is 0 Å². The normalized spacial score (nSPS) is 12.2. The van der Waals surface area contributed by atoms with E-state index in [0.717, 1.165) is 17.4 Å². The maximum absolute atomic E-state index is 5.96. The molecule has 0 radical (unpaired) electrons. The van der Waals surface area contributed by atoms with Crippen molar-refractivity contribution in [1.82, 2.24) is 25.4 Å². The fourth-order valence-corrected chi connectivity index (χ4v) is 2.39. The molecule has 0 amide bonds. The summed E-state index contributed by atoms with van der Waals surface area (Å²) < 4.78 is 13.0. The van der Waals surface area contributed by atoms with E-state index in [2.05, 4.69) is 38.8 Å². The Morgan fingerprint density at radius 3 is 2.68 bits per heavy atom. The summed E-state index contributed by atoms with van der Waals surface area (Å²) in [4.78, 5) is 4.59. The van der Waals surface area contributed by atoms with Crippen LogP contribution in [0, 0.1) is 13.8 Å². The summed E-state index contributed by atoms with van der Waals surface area (Å²) in [6.45, 7) is 8.30. The number of nitrogens with one attached hydrogen (secondary N) is 2. The number of aromatic nitrogens is 3. The van der Waals surface area contributed by atoms with Crippen molar-refractivity contribution in [3.05, 3.63) is 41.5 Å². The fourth-order valence-electron chi connectivity index (χ4n) is 2.39. The number of hydrogen-bond donors (Lipinski definition) is 2. The van der Waals surface area contributed by atoms with E-state index in [-0.39, 0.29) is 30.1 Å². The molecule has 8 nitrogen and oxygen atoms in total. The fraction of sp³-hybridized carbons (Fsp3) is 0.526. The molecule has 1 atom stereocenters. The van der Waals surface area contributed by atoms with Crippen LogP contribution in [-0.2, 0) is 18.3 Å². The first-order valence-corrected chi connectivity index (χ1v) is 9.09. The molecule has 1 aromatic carbocycles. The highest BCUT2D eigenvalue weighted by molar-refractivity contribution is 14.0. The van der Waals surface area contributed by atoms with Crippen LogP contribution in [0.5, 0.6) is 5.75 Å². The van der Waals surface area contributed by atoms with E-state index in [1.54, 1.807) is 7.11 Å². The van der Waals surface area contributed by atoms with Gasteiger partial charge in [0, 0.05) is 20.7 Å². The minimum atomic E-state index is -0.0155. The van der Waals surface area contributed by atoms with Crippen LogP contribution in [0.3, 0.4) is 0 Å². The summed E-state index contributed by atoms with van der Waals surface area (Å²) in [7, 11) is 3.61. The molecule has 1 aromatic heterocycles. The number of ether oxygens (including phenoxy) is 2. The van der Waals surface area contributed by atoms with Gasteiger partial charge in [-0.3, -0.25) is 0 Å². The van der Waals surface area contributed by atoms with Gasteiger partial charge in [0.2, 0.25) is 0 Å². The van der Waals surface area contributed by atoms with Crippen molar-refractivity contribution in [2.45, 2.75) is 33.4 Å². The van der Waals surface area contributed by atoms with Gasteiger partial charge in [-0.05, 0) is 38.5 Å². The lowest BCUT2D eigenvalue weighted by Crippen LogP contribution is -2.43. The quantitative estimate of drug-likeness (QED) is 0.237. The van der Waals surface area contributed by atoms with Gasteiger partial charge < -0.3 is 24.7 Å². The molecule has 0 saturated heterocycles. The van der Waals surface area contributed by atoms with E-state index < -0.39 is 0 Å². The minimum Gasteiger partial charge on any atom is -0.489 e. The van der Waals surface area contributed by atoms with Crippen LogP contribution in [0.2, 0.25) is 0 Å². The molecule has 0 fully saturated rings. The Balaban J connectivity index is 0.00000392. The van der Waals surface area contributed by atoms with Gasteiger partial charge in [0.1, 0.15) is 24.2 Å². The van der Waals surface area contributed by atoms with E-state index in [1.807, 2.05) is 43.7 Å². The van der Waals surface area contributed by atoms with Gasteiger partial charge in [-0.2, -0.15) is 0 Å². The van der Waals surface area contributed by atoms with Gasteiger partial charge in [-0.1, -0.05) is 12.1 Å². The van der Waals surface area contributed by atoms with Crippen molar-refractivity contribution < 1.29 is 9.47 Å². The van der Waals surface area contributed by atoms with E-state index in [4.69, 9.17) is 9.47 Å². The molecule has 2 aromatic rings. The molecule has 2 rings (SSSR count). The monoisotopic (exact) mass is 502 g/mol. The van der Waals surface area contributed by atoms with Crippen molar-refractivity contribution in [3.8, 4) is 5.75 Å². The third-order valence-electron chi connectivity index (χ3n) is 4.04. The number of rotatable bonds is 9. The van der Waals surface area contributed by atoms with Crippen molar-refractivity contribution >= 4 is 29.9 Å². The van der Waals surface area contributed by atoms with E-state index in [9.17, 15) is 0 Å². The summed E-state index contributed by atoms with van der Waals surface area (Å²) in [6.07, 6.45) is -0.0155. The SMILES string of the molecule is COCCNC(=NCc1nnc(C)n1C)NCC(C)Oc1cccc(C)c1.I. The maximum atomic E-state index is 5.96. The zero-order chi connectivity index (χ0) is 19.6. The van der Waals surface area contributed by atoms with Crippen molar-refractivity contribution in [2.24, 2.45) is 12.0 Å². The lowest BCUT2D eigenvalue weighted by molar-refractivity contribution is 0.203. The molecule has 2 N–H and O–H groups in total. The maximum Gasteiger partial charge on any atom is 0.191 e. The van der Waals surface area contributed by atoms with Crippen LogP contribution in [0.25, 0.3) is 0 Å². The smallest absolute Gasteiger partial charge is 0.191 e. The van der Waals surface area contributed by atoms with Crippen LogP contribution < -0.4 is 15.4 Å². The molecule has 0 aliphatic carbocycles. The Labute approximate surface area is 184 Å². The summed E-state index contributed by atoms with van der Waals surface area (Å²) in [5.74, 6) is 3.23. The van der Waals surface area contributed by atoms with Gasteiger partial charge in [0.15, 0.2) is 11.8 Å². The largest absolute Gasteiger partial charge is 0.489 e. The molecule has 0 aliphatic heterocycles. The highest BCUT2D eigenvalue weighted by atomic mass is 127. The molecule has 1 unspecified atom stereocenters. The summed E-state index contributed by atoms with van der Waals surface area (Å²) >= 11 is 0. The first kappa shape index (κ1) is 24.2. The number of hydrogen-bond acceptors (Lipinski definition) is 5. The predicted octanol–water partition coefficient (Wildman–Crippen LogP) is 2.20. The van der Waals surface area contributed by atoms with E-state index >= 15 is 0 Å². The standard InChI is InChI=1S/C19H30N6O2.HI/c1-14-7-6-8-17(11-14)27-15(2)12-21-19(20-9-10-26-5)22-13-18-24-23-16(3)25(18)4;/h6-8,11,15H,9-10,12-13H2,1-5H3,(H2,20,21,22);1H. The van der Waals surface area contributed by atoms with Crippen LogP contribution in [-0.4, -0.2) is 53.6 Å². The second kappa shape index (κ2) is 12.6. The molecular weight excluding hydrogens is 471 g/mol. The number of halogens is 1. The molecule has 156 valence electrons. The second-order valence-corrected chi connectivity index (χ2v) is 6.43. The summed E-state index contributed by atoms with van der Waals surface area (Å²) in [6, 6.07) is 8.03. The Morgan fingerprint density at radius 1 is 1.25 bits per heavy atom. The highest BCUT2D eigenvalue weighted by Crippen LogP contribution is 2.13. The van der Waals surface area contributed by atoms with E-state index in [1.165, 1.54) is 5.56 Å². The lowest BCUT2D eigenvalue weighted by Gasteiger charge is -2.18. The van der Waals surface area contributed by atoms with Crippen LogP contribution in [0.1, 0.15) is 24.1 Å². The van der Waals surface area contributed by atoms with Crippen molar-refractivity contribution in [2.75, 3.05) is 26.8 Å². The summed E-state index contributed by atoms with van der Waals surface area (Å²) in [5, 5.41) is 14.8. The number of aryl methyl sites for hydroxylation is 2. The number of aliphatic imine (C=N–C) groups is 1. The zero-order valence-corrected chi connectivity index (χ0v) is 19.6. The molecule has 0 aliphatic rings. The van der Waals surface area contributed by atoms with Crippen LogP contribution >= 0.6 is 24.0 Å². The Hall–Kier alpha value is -1.88. The predicted molar refractivity (Wildman–Crippen MR) is 121 cm³/mol. The number of nitrogens with zero attached hydrogens (tertiary/aromatic N) is 4. The first-order chi connectivity index (χ1) is 13.0. The minimum absolute atomic E-state index is 0. The number of benzene rings is 1. The van der Waals surface area contributed by atoms with Gasteiger partial charge in [0.05, 0.1) is 13.2 Å². The van der Waals surface area contributed by atoms with Gasteiger partial charge in [-0.15, -0.1) is 34.2 Å². The molecule has 0 spiro atoms. The number of methoxy groups -OCH3 is 1. The lowest BCUT2D eigenvalue weighted by atomic mass is 10.2. The zero-order valence-electron chi connectivity index (χ0n) is 17.2. The average Bonchev–Trinajstić information content (AvgIpc) is 2.95. The highest BCUT2D eigenvalue weighted by Gasteiger charge is 2.08. The van der Waals surface area contributed by atoms with Crippen LogP contribution in [0.4, 0.5) is 0 Å². The average molecular weight is 502 g/mol. The molecule has 0 saturated carbocycles. The second-order valence-electron chi connectivity index (χ2n) is 6.43. The van der Waals surface area contributed by atoms with Gasteiger partial charge in [-0.25, -0.2) is 4.99 Å².